The van der Waals surface area contributed by atoms with Gasteiger partial charge in [0.05, 0.1) is 0 Å². The van der Waals surface area contributed by atoms with Gasteiger partial charge in [-0.15, -0.1) is 0 Å². The summed E-state index contributed by atoms with van der Waals surface area (Å²) in [6.07, 6.45) is 0. The monoisotopic (exact) mass is 239 g/mol. The van der Waals surface area contributed by atoms with Crippen LogP contribution in [0.1, 0.15) is 55.4 Å². The predicted octanol–water partition coefficient (Wildman–Crippen LogP) is 1.84. The van der Waals surface area contributed by atoms with E-state index in [2.05, 4.69) is 60.4 Å². The average Bonchev–Trinajstić information content (AvgIpc) is 2.11. The summed E-state index contributed by atoms with van der Waals surface area (Å²) in [4.78, 5) is 5.95. The SMILES string of the molecule is [7BH2]N(ON(C(C)C)C(C)C)N(C(C)C)C(C)C. The third-order valence-corrected chi connectivity index (χ3v) is 2.61. The third-order valence-electron chi connectivity index (χ3n) is 2.61. The van der Waals surface area contributed by atoms with Gasteiger partial charge < -0.3 is 0 Å². The zero-order valence-electron chi connectivity index (χ0n) is 13.1. The van der Waals surface area contributed by atoms with E-state index in [-0.39, 0.29) is 0 Å². The molecular formula is C12H30BN3O. The van der Waals surface area contributed by atoms with Gasteiger partial charge in [-0.1, -0.05) is 0 Å². The highest BCUT2D eigenvalue weighted by molar-refractivity contribution is 6.03. The molecule has 0 fully saturated rings. The fourth-order valence-corrected chi connectivity index (χ4v) is 2.21. The predicted molar refractivity (Wildman–Crippen MR) is 75.7 cm³/mol. The molecule has 0 aliphatic heterocycles. The molecule has 0 aromatic carbocycles. The third kappa shape index (κ3) is 5.38. The lowest BCUT2D eigenvalue weighted by Gasteiger charge is -2.42. The van der Waals surface area contributed by atoms with Gasteiger partial charge in [-0.05, 0) is 55.4 Å². The first-order chi connectivity index (χ1) is 7.68. The normalized spacial score (nSPS) is 13.4. The van der Waals surface area contributed by atoms with E-state index in [1.165, 1.54) is 0 Å². The van der Waals surface area contributed by atoms with Gasteiger partial charge in [0, 0.05) is 24.2 Å². The molecule has 0 saturated carbocycles. The van der Waals surface area contributed by atoms with Crippen molar-refractivity contribution in [2.75, 3.05) is 0 Å². The second-order valence-corrected chi connectivity index (χ2v) is 5.66. The van der Waals surface area contributed by atoms with Crippen LogP contribution in [-0.4, -0.2) is 47.3 Å². The van der Waals surface area contributed by atoms with Crippen LogP contribution in [0.25, 0.3) is 0 Å². The van der Waals surface area contributed by atoms with Crippen LogP contribution in [0.3, 0.4) is 0 Å². The van der Waals surface area contributed by atoms with E-state index < -0.39 is 0 Å². The smallest absolute Gasteiger partial charge is 0.224 e. The van der Waals surface area contributed by atoms with Crippen LogP contribution in [0, 0.1) is 0 Å². The van der Waals surface area contributed by atoms with E-state index in [0.717, 1.165) is 0 Å². The molecule has 0 atom stereocenters. The van der Waals surface area contributed by atoms with Crippen molar-refractivity contribution in [3.05, 3.63) is 0 Å². The molecule has 17 heavy (non-hydrogen) atoms. The maximum atomic E-state index is 5.95. The molecule has 102 valence electrons. The van der Waals surface area contributed by atoms with E-state index in [9.17, 15) is 0 Å². The van der Waals surface area contributed by atoms with Crippen LogP contribution in [0.15, 0.2) is 0 Å². The number of hydrogen-bond donors (Lipinski definition) is 0. The van der Waals surface area contributed by atoms with Crippen molar-refractivity contribution in [1.29, 1.82) is 0 Å². The van der Waals surface area contributed by atoms with Crippen molar-refractivity contribution in [2.24, 2.45) is 0 Å². The van der Waals surface area contributed by atoms with Crippen LogP contribution < -0.4 is 0 Å². The fraction of sp³-hybridized carbons (Fsp3) is 1.00. The molecular weight excluding hydrogens is 209 g/mol. The van der Waals surface area contributed by atoms with Gasteiger partial charge in [0.25, 0.3) is 0 Å². The first-order valence-corrected chi connectivity index (χ1v) is 6.66. The highest BCUT2D eigenvalue weighted by Crippen LogP contribution is 2.13. The van der Waals surface area contributed by atoms with E-state index >= 15 is 0 Å². The Labute approximate surface area is 108 Å². The van der Waals surface area contributed by atoms with Crippen molar-refractivity contribution >= 4 is 7.98 Å². The van der Waals surface area contributed by atoms with Crippen molar-refractivity contribution in [2.45, 2.75) is 79.6 Å². The van der Waals surface area contributed by atoms with Gasteiger partial charge in [0.15, 0.2) is 0 Å². The molecule has 0 bridgehead atoms. The van der Waals surface area contributed by atoms with E-state index in [1.54, 1.807) is 0 Å². The lowest BCUT2D eigenvalue weighted by Crippen LogP contribution is -2.53. The minimum Gasteiger partial charge on any atom is -0.224 e. The van der Waals surface area contributed by atoms with Gasteiger partial charge in [0.2, 0.25) is 7.98 Å². The molecule has 0 spiro atoms. The van der Waals surface area contributed by atoms with Gasteiger partial charge in [-0.3, -0.25) is 0 Å². The standard InChI is InChI=1S/C12H30BN3O/c1-9(2)14(10(3)4)16(13)17-15(11(5)6)12(7)8/h9-12H,13H2,1-8H3/i13-4. The van der Waals surface area contributed by atoms with Gasteiger partial charge in [-0.2, -0.15) is 10.1 Å². The second kappa shape index (κ2) is 7.36. The Morgan fingerprint density at radius 1 is 0.706 bits per heavy atom. The van der Waals surface area contributed by atoms with Crippen LogP contribution in [0.5, 0.6) is 0 Å². The highest BCUT2D eigenvalue weighted by Gasteiger charge is 2.23. The molecule has 4 nitrogen and oxygen atoms in total. The molecule has 0 aliphatic carbocycles. The summed E-state index contributed by atoms with van der Waals surface area (Å²) in [6.45, 7) is 17.3. The van der Waals surface area contributed by atoms with E-state index in [0.29, 0.717) is 24.2 Å². The molecule has 0 aromatic rings. The van der Waals surface area contributed by atoms with Crippen molar-refractivity contribution in [1.82, 2.24) is 15.2 Å². The number of hydrogen-bond acceptors (Lipinski definition) is 4. The summed E-state index contributed by atoms with van der Waals surface area (Å²) in [6, 6.07) is 1.56. The summed E-state index contributed by atoms with van der Waals surface area (Å²) in [5, 5.41) is 6.09. The molecule has 0 amide bonds. The molecule has 0 saturated heterocycles. The lowest BCUT2D eigenvalue weighted by atomic mass is 6.88. The fourth-order valence-electron chi connectivity index (χ4n) is 2.21. The summed E-state index contributed by atoms with van der Waals surface area (Å²) < 4.78 is 0. The number of rotatable bonds is 7. The summed E-state index contributed by atoms with van der Waals surface area (Å²) >= 11 is 0. The van der Waals surface area contributed by atoms with Crippen LogP contribution in [0.4, 0.5) is 0 Å². The first-order valence-electron chi connectivity index (χ1n) is 6.66. The Hall–Kier alpha value is -0.0951. The zero-order chi connectivity index (χ0) is 13.7. The Kier molecular flexibility index (Phi) is 7.32. The first kappa shape index (κ1) is 16.9. The molecule has 0 radical (unpaired) electrons. The summed E-state index contributed by atoms with van der Waals surface area (Å²) in [7, 11) is 1.97. The molecule has 0 heterocycles. The Balaban J connectivity index is 4.62. The van der Waals surface area contributed by atoms with Gasteiger partial charge in [0.1, 0.15) is 0 Å². The second-order valence-electron chi connectivity index (χ2n) is 5.66. The van der Waals surface area contributed by atoms with E-state index in [4.69, 9.17) is 4.94 Å². The quantitative estimate of drug-likeness (QED) is 0.498. The molecule has 0 N–H and O–H groups in total. The van der Waals surface area contributed by atoms with Crippen LogP contribution in [-0.2, 0) is 4.94 Å². The maximum Gasteiger partial charge on any atom is 0.246 e. The lowest BCUT2D eigenvalue weighted by molar-refractivity contribution is -0.379. The minimum absolute atomic E-state index is 0.360. The molecule has 0 aromatic heterocycles. The Morgan fingerprint density at radius 2 is 1.06 bits per heavy atom. The largest absolute Gasteiger partial charge is 0.246 e. The maximum absolute atomic E-state index is 5.95. The summed E-state index contributed by atoms with van der Waals surface area (Å²) in [5.74, 6) is 0. The van der Waals surface area contributed by atoms with Crippen molar-refractivity contribution < 1.29 is 4.94 Å². The average molecular weight is 239 g/mol. The number of hydroxylamine groups is 2. The van der Waals surface area contributed by atoms with Crippen molar-refractivity contribution in [3.63, 3.8) is 0 Å². The van der Waals surface area contributed by atoms with E-state index in [1.807, 2.05) is 18.1 Å². The number of hydrazine groups is 1. The van der Waals surface area contributed by atoms with Crippen molar-refractivity contribution in [3.8, 4) is 0 Å². The van der Waals surface area contributed by atoms with Gasteiger partial charge in [-0.25, -0.2) is 9.95 Å². The number of nitrogens with zero attached hydrogens (tertiary/aromatic N) is 3. The Bertz CT molecular complexity index is 194. The molecule has 0 aliphatic rings. The minimum atomic E-state index is 0.360. The van der Waals surface area contributed by atoms with Crippen LogP contribution in [0.2, 0.25) is 0 Å². The highest BCUT2D eigenvalue weighted by atomic mass is 16.9. The Morgan fingerprint density at radius 3 is 1.29 bits per heavy atom. The summed E-state index contributed by atoms with van der Waals surface area (Å²) in [5.41, 5.74) is 0. The zero-order valence-corrected chi connectivity index (χ0v) is 13.1. The molecule has 0 rings (SSSR count). The molecule has 5 heteroatoms. The van der Waals surface area contributed by atoms with Crippen LogP contribution >= 0.6 is 0 Å². The topological polar surface area (TPSA) is 19.0 Å². The molecule has 0 unspecified atom stereocenters. The van der Waals surface area contributed by atoms with Gasteiger partial charge >= 0.3 is 0 Å².